The third kappa shape index (κ3) is 3.53. The highest BCUT2D eigenvalue weighted by atomic mass is 16.8. The molecule has 2 fully saturated rings. The summed E-state index contributed by atoms with van der Waals surface area (Å²) in [5.41, 5.74) is -1.46. The van der Waals surface area contributed by atoms with Gasteiger partial charge >= 0.3 is 5.97 Å². The number of esters is 1. The molecule has 0 aromatic rings. The largest absolute Gasteiger partial charge is 0.471 e. The van der Waals surface area contributed by atoms with Crippen LogP contribution in [0.25, 0.3) is 0 Å². The zero-order chi connectivity index (χ0) is 20.8. The van der Waals surface area contributed by atoms with Gasteiger partial charge in [0.25, 0.3) is 0 Å². The van der Waals surface area contributed by atoms with E-state index in [-0.39, 0.29) is 12.0 Å². The number of ether oxygens (including phenoxy) is 4. The molecule has 3 unspecified atom stereocenters. The van der Waals surface area contributed by atoms with Gasteiger partial charge in [-0.3, -0.25) is 0 Å². The van der Waals surface area contributed by atoms with Gasteiger partial charge < -0.3 is 49.6 Å². The van der Waals surface area contributed by atoms with Gasteiger partial charge in [0, 0.05) is 12.3 Å². The first kappa shape index (κ1) is 21.4. The first-order chi connectivity index (χ1) is 13.1. The Bertz CT molecular complexity index is 618. The minimum atomic E-state index is -1.66. The fourth-order valence-corrected chi connectivity index (χ4v) is 4.21. The number of aliphatic hydroxyl groups is 6. The van der Waals surface area contributed by atoms with E-state index in [1.807, 2.05) is 0 Å². The van der Waals surface area contributed by atoms with Crippen molar-refractivity contribution in [1.29, 1.82) is 0 Å². The molecule has 11 nitrogen and oxygen atoms in total. The molecule has 160 valence electrons. The van der Waals surface area contributed by atoms with Gasteiger partial charge in [-0.2, -0.15) is 0 Å². The Morgan fingerprint density at radius 1 is 1.21 bits per heavy atom. The predicted octanol–water partition coefficient (Wildman–Crippen LogP) is -3.04. The van der Waals surface area contributed by atoms with Crippen LogP contribution < -0.4 is 0 Å². The summed E-state index contributed by atoms with van der Waals surface area (Å²) in [6.07, 6.45) is -8.88. The second kappa shape index (κ2) is 7.84. The van der Waals surface area contributed by atoms with E-state index in [1.54, 1.807) is 0 Å². The zero-order valence-electron chi connectivity index (χ0n) is 15.4. The Morgan fingerprint density at radius 2 is 1.89 bits per heavy atom. The number of carbonyl (C=O) groups excluding carboxylic acids is 1. The van der Waals surface area contributed by atoms with E-state index >= 15 is 0 Å². The number of methoxy groups -OCH3 is 1. The molecule has 0 aromatic carbocycles. The zero-order valence-corrected chi connectivity index (χ0v) is 15.4. The Morgan fingerprint density at radius 3 is 2.50 bits per heavy atom. The van der Waals surface area contributed by atoms with E-state index in [9.17, 15) is 35.4 Å². The molecule has 28 heavy (non-hydrogen) atoms. The van der Waals surface area contributed by atoms with E-state index in [2.05, 4.69) is 0 Å². The molecular weight excluding hydrogens is 380 g/mol. The Hall–Kier alpha value is -1.31. The lowest BCUT2D eigenvalue weighted by Gasteiger charge is -2.44. The lowest BCUT2D eigenvalue weighted by atomic mass is 9.80. The normalized spacial score (nSPS) is 48.4. The van der Waals surface area contributed by atoms with Crippen LogP contribution in [0.1, 0.15) is 13.3 Å². The predicted molar refractivity (Wildman–Crippen MR) is 88.1 cm³/mol. The standard InChI is InChI=1S/C17H26O11/c1-17(24)3-7(19)9-6(14(23)25-2)5-26-15(10(9)17)28-16-13(22)12(21)11(20)8(4-18)27-16/h5,7-13,15-16,18-22,24H,3-4H2,1-2H3/t7-,8+,9?,10?,11+,12-,13+,15+,16-,17?/m1/s1. The molecule has 2 aliphatic heterocycles. The summed E-state index contributed by atoms with van der Waals surface area (Å²) in [4.78, 5) is 12.0. The van der Waals surface area contributed by atoms with Crippen LogP contribution in [0, 0.1) is 11.8 Å². The van der Waals surface area contributed by atoms with Gasteiger partial charge in [0.15, 0.2) is 6.29 Å². The maximum atomic E-state index is 12.0. The van der Waals surface area contributed by atoms with E-state index in [1.165, 1.54) is 14.0 Å². The molecule has 10 atom stereocenters. The Kier molecular flexibility index (Phi) is 5.99. The van der Waals surface area contributed by atoms with Gasteiger partial charge in [0.05, 0.1) is 43.2 Å². The summed E-state index contributed by atoms with van der Waals surface area (Å²) in [6, 6.07) is 0. The van der Waals surface area contributed by atoms with E-state index in [0.29, 0.717) is 0 Å². The van der Waals surface area contributed by atoms with Crippen molar-refractivity contribution >= 4 is 5.97 Å². The van der Waals surface area contributed by atoms with E-state index in [0.717, 1.165) is 6.26 Å². The first-order valence-electron chi connectivity index (χ1n) is 8.92. The molecule has 3 aliphatic rings. The maximum absolute atomic E-state index is 12.0. The Labute approximate surface area is 160 Å². The van der Waals surface area contributed by atoms with Crippen molar-refractivity contribution in [2.75, 3.05) is 13.7 Å². The molecule has 0 aromatic heterocycles. The lowest BCUT2D eigenvalue weighted by Crippen LogP contribution is -2.60. The molecule has 11 heteroatoms. The van der Waals surface area contributed by atoms with Gasteiger partial charge in [-0.05, 0) is 6.92 Å². The average Bonchev–Trinajstić information content (AvgIpc) is 2.91. The molecule has 1 saturated heterocycles. The minimum absolute atomic E-state index is 0.0337. The van der Waals surface area contributed by atoms with Crippen LogP contribution in [0.2, 0.25) is 0 Å². The van der Waals surface area contributed by atoms with Crippen LogP contribution in [0.4, 0.5) is 0 Å². The van der Waals surface area contributed by atoms with Crippen molar-refractivity contribution in [2.24, 2.45) is 11.8 Å². The number of hydrogen-bond acceptors (Lipinski definition) is 11. The van der Waals surface area contributed by atoms with Crippen molar-refractivity contribution in [3.05, 3.63) is 11.8 Å². The molecule has 0 radical (unpaired) electrons. The third-order valence-electron chi connectivity index (χ3n) is 5.66. The molecule has 0 bridgehead atoms. The average molecular weight is 406 g/mol. The number of aliphatic hydroxyl groups excluding tert-OH is 5. The highest BCUT2D eigenvalue weighted by Crippen LogP contribution is 2.49. The van der Waals surface area contributed by atoms with Gasteiger partial charge in [-0.25, -0.2) is 4.79 Å². The molecule has 1 aliphatic carbocycles. The fourth-order valence-electron chi connectivity index (χ4n) is 4.21. The van der Waals surface area contributed by atoms with Crippen molar-refractivity contribution in [1.82, 2.24) is 0 Å². The second-order valence-corrected chi connectivity index (χ2v) is 7.58. The highest BCUT2D eigenvalue weighted by Gasteiger charge is 2.59. The molecule has 2 heterocycles. The van der Waals surface area contributed by atoms with Crippen LogP contribution in [0.5, 0.6) is 0 Å². The topological polar surface area (TPSA) is 175 Å². The summed E-state index contributed by atoms with van der Waals surface area (Å²) in [7, 11) is 1.17. The summed E-state index contributed by atoms with van der Waals surface area (Å²) in [5, 5.41) is 60.4. The van der Waals surface area contributed by atoms with Crippen LogP contribution in [0.3, 0.4) is 0 Å². The molecular formula is C17H26O11. The molecule has 6 N–H and O–H groups in total. The summed E-state index contributed by atoms with van der Waals surface area (Å²) < 4.78 is 21.1. The van der Waals surface area contributed by atoms with Crippen molar-refractivity contribution in [2.45, 2.75) is 62.0 Å². The number of carbonyl (C=O) groups is 1. The lowest BCUT2D eigenvalue weighted by molar-refractivity contribution is -0.346. The molecule has 3 rings (SSSR count). The molecule has 0 amide bonds. The van der Waals surface area contributed by atoms with Crippen LogP contribution in [-0.2, 0) is 23.7 Å². The van der Waals surface area contributed by atoms with Gasteiger partial charge in [0.1, 0.15) is 24.4 Å². The molecule has 1 saturated carbocycles. The Balaban J connectivity index is 1.86. The smallest absolute Gasteiger partial charge is 0.337 e. The first-order valence-corrected chi connectivity index (χ1v) is 8.92. The SMILES string of the molecule is COC(=O)C1=CO[C@@H](O[C@H]2O[C@@H](CO)[C@H](O)[C@@H](O)[C@@H]2O)C2C1[C@H](O)CC2(C)O. The van der Waals surface area contributed by atoms with Gasteiger partial charge in [-0.15, -0.1) is 0 Å². The third-order valence-corrected chi connectivity index (χ3v) is 5.66. The fraction of sp³-hybridized carbons (Fsp3) is 0.824. The summed E-state index contributed by atoms with van der Waals surface area (Å²) in [5.74, 6) is -2.50. The van der Waals surface area contributed by atoms with Crippen LogP contribution in [0.15, 0.2) is 11.8 Å². The maximum Gasteiger partial charge on any atom is 0.337 e. The number of rotatable bonds is 4. The van der Waals surface area contributed by atoms with Crippen LogP contribution in [-0.4, -0.2) is 99.0 Å². The monoisotopic (exact) mass is 406 g/mol. The quantitative estimate of drug-likeness (QED) is 0.262. The van der Waals surface area contributed by atoms with E-state index in [4.69, 9.17) is 18.9 Å². The van der Waals surface area contributed by atoms with Crippen molar-refractivity contribution in [3.63, 3.8) is 0 Å². The van der Waals surface area contributed by atoms with E-state index < -0.39 is 73.1 Å². The minimum Gasteiger partial charge on any atom is -0.471 e. The second-order valence-electron chi connectivity index (χ2n) is 7.58. The van der Waals surface area contributed by atoms with Crippen molar-refractivity contribution in [3.8, 4) is 0 Å². The summed E-state index contributed by atoms with van der Waals surface area (Å²) in [6.45, 7) is 0.819. The van der Waals surface area contributed by atoms with Gasteiger partial charge in [0.2, 0.25) is 6.29 Å². The summed E-state index contributed by atoms with van der Waals surface area (Å²) >= 11 is 0. The van der Waals surface area contributed by atoms with Crippen molar-refractivity contribution < 1.29 is 54.4 Å². The number of fused-ring (bicyclic) bond motifs is 1. The number of hydrogen-bond donors (Lipinski definition) is 6. The van der Waals surface area contributed by atoms with Crippen LogP contribution >= 0.6 is 0 Å². The van der Waals surface area contributed by atoms with Gasteiger partial charge in [-0.1, -0.05) is 0 Å². The molecule has 0 spiro atoms. The highest BCUT2D eigenvalue weighted by molar-refractivity contribution is 5.89.